The SMILES string of the molecule is C/C=C\C1=C(C)SC(N)N1. The van der Waals surface area contributed by atoms with Gasteiger partial charge in [0, 0.05) is 10.6 Å². The third-order valence-electron chi connectivity index (χ3n) is 1.31. The van der Waals surface area contributed by atoms with Gasteiger partial charge in [-0.1, -0.05) is 17.8 Å². The zero-order valence-corrected chi connectivity index (χ0v) is 7.03. The highest BCUT2D eigenvalue weighted by atomic mass is 32.2. The van der Waals surface area contributed by atoms with Crippen molar-refractivity contribution >= 4 is 11.8 Å². The Morgan fingerprint density at radius 2 is 2.40 bits per heavy atom. The van der Waals surface area contributed by atoms with Crippen molar-refractivity contribution < 1.29 is 0 Å². The smallest absolute Gasteiger partial charge is 0.127 e. The summed E-state index contributed by atoms with van der Waals surface area (Å²) >= 11 is 1.66. The first-order valence-corrected chi connectivity index (χ1v) is 4.14. The van der Waals surface area contributed by atoms with E-state index in [1.165, 1.54) is 4.91 Å². The van der Waals surface area contributed by atoms with Crippen LogP contribution in [-0.2, 0) is 0 Å². The lowest BCUT2D eigenvalue weighted by molar-refractivity contribution is 0.806. The van der Waals surface area contributed by atoms with E-state index >= 15 is 0 Å². The summed E-state index contributed by atoms with van der Waals surface area (Å²) in [4.78, 5) is 1.27. The molecular formula is C7H12N2S. The van der Waals surface area contributed by atoms with Gasteiger partial charge in [-0.3, -0.25) is 0 Å². The Balaban J connectivity index is 2.66. The van der Waals surface area contributed by atoms with Crippen LogP contribution in [0.3, 0.4) is 0 Å². The number of allylic oxidation sites excluding steroid dienone is 3. The van der Waals surface area contributed by atoms with E-state index < -0.39 is 0 Å². The van der Waals surface area contributed by atoms with E-state index in [-0.39, 0.29) is 5.50 Å². The second-order valence-corrected chi connectivity index (χ2v) is 3.51. The van der Waals surface area contributed by atoms with E-state index in [2.05, 4.69) is 12.2 Å². The van der Waals surface area contributed by atoms with Gasteiger partial charge < -0.3 is 11.1 Å². The fourth-order valence-corrected chi connectivity index (χ4v) is 1.69. The van der Waals surface area contributed by atoms with Gasteiger partial charge in [-0.2, -0.15) is 0 Å². The Morgan fingerprint density at radius 3 is 2.80 bits per heavy atom. The molecule has 0 amide bonds. The van der Waals surface area contributed by atoms with Crippen LogP contribution in [-0.4, -0.2) is 5.50 Å². The molecule has 0 aromatic heterocycles. The van der Waals surface area contributed by atoms with Gasteiger partial charge in [-0.05, 0) is 19.9 Å². The summed E-state index contributed by atoms with van der Waals surface area (Å²) in [6.07, 6.45) is 4.04. The molecule has 56 valence electrons. The minimum absolute atomic E-state index is 0.0474. The molecule has 1 heterocycles. The van der Waals surface area contributed by atoms with Gasteiger partial charge in [0.05, 0.1) is 0 Å². The summed E-state index contributed by atoms with van der Waals surface area (Å²) in [5.74, 6) is 0. The molecule has 1 atom stereocenters. The van der Waals surface area contributed by atoms with Crippen LogP contribution < -0.4 is 11.1 Å². The van der Waals surface area contributed by atoms with E-state index in [1.54, 1.807) is 11.8 Å². The first-order chi connectivity index (χ1) is 4.74. The maximum Gasteiger partial charge on any atom is 0.127 e. The summed E-state index contributed by atoms with van der Waals surface area (Å²) in [7, 11) is 0. The van der Waals surface area contributed by atoms with Crippen LogP contribution in [0, 0.1) is 0 Å². The average molecular weight is 156 g/mol. The molecule has 10 heavy (non-hydrogen) atoms. The van der Waals surface area contributed by atoms with E-state index in [1.807, 2.05) is 19.1 Å². The predicted molar refractivity (Wildman–Crippen MR) is 46.2 cm³/mol. The number of rotatable bonds is 1. The van der Waals surface area contributed by atoms with E-state index in [4.69, 9.17) is 5.73 Å². The fourth-order valence-electron chi connectivity index (χ4n) is 0.870. The summed E-state index contributed by atoms with van der Waals surface area (Å²) in [5, 5.41) is 3.14. The summed E-state index contributed by atoms with van der Waals surface area (Å²) < 4.78 is 0. The van der Waals surface area contributed by atoms with Gasteiger partial charge in [-0.15, -0.1) is 0 Å². The quantitative estimate of drug-likeness (QED) is 0.602. The summed E-state index contributed by atoms with van der Waals surface area (Å²) in [6.45, 7) is 4.07. The number of nitrogens with one attached hydrogen (secondary N) is 1. The number of hydrogen-bond acceptors (Lipinski definition) is 3. The first kappa shape index (κ1) is 7.69. The molecule has 1 unspecified atom stereocenters. The molecule has 1 rings (SSSR count). The van der Waals surface area contributed by atoms with Crippen LogP contribution in [0.5, 0.6) is 0 Å². The molecule has 1 aliphatic rings. The molecule has 3 heteroatoms. The Hall–Kier alpha value is -0.410. The molecule has 1 aliphatic heterocycles. The molecule has 0 radical (unpaired) electrons. The molecule has 2 nitrogen and oxygen atoms in total. The molecule has 3 N–H and O–H groups in total. The normalized spacial score (nSPS) is 26.1. The second kappa shape index (κ2) is 3.12. The van der Waals surface area contributed by atoms with E-state index in [0.29, 0.717) is 0 Å². The monoisotopic (exact) mass is 156 g/mol. The molecule has 0 bridgehead atoms. The van der Waals surface area contributed by atoms with Crippen LogP contribution in [0.4, 0.5) is 0 Å². The van der Waals surface area contributed by atoms with Gasteiger partial charge in [-0.25, -0.2) is 0 Å². The molecule has 0 aromatic rings. The minimum Gasteiger partial charge on any atom is -0.361 e. The second-order valence-electron chi connectivity index (χ2n) is 2.15. The number of hydrogen-bond donors (Lipinski definition) is 2. The Morgan fingerprint density at radius 1 is 1.70 bits per heavy atom. The van der Waals surface area contributed by atoms with Gasteiger partial charge in [0.25, 0.3) is 0 Å². The summed E-state index contributed by atoms with van der Waals surface area (Å²) in [5.41, 5.74) is 6.82. The number of nitrogens with two attached hydrogens (primary N) is 1. The standard InChI is InChI=1S/C7H12N2S/c1-3-4-6-5(2)10-7(8)9-6/h3-4,7,9H,8H2,1-2H3/b4-3-. The maximum absolute atomic E-state index is 5.62. The Bertz CT molecular complexity index is 184. The van der Waals surface area contributed by atoms with Crippen LogP contribution in [0.25, 0.3) is 0 Å². The van der Waals surface area contributed by atoms with Crippen LogP contribution in [0.2, 0.25) is 0 Å². The van der Waals surface area contributed by atoms with Crippen LogP contribution >= 0.6 is 11.8 Å². The molecule has 0 aliphatic carbocycles. The van der Waals surface area contributed by atoms with Gasteiger partial charge >= 0.3 is 0 Å². The zero-order valence-electron chi connectivity index (χ0n) is 6.22. The fraction of sp³-hybridized carbons (Fsp3) is 0.429. The Kier molecular flexibility index (Phi) is 2.40. The van der Waals surface area contributed by atoms with Gasteiger partial charge in [0.2, 0.25) is 0 Å². The lowest BCUT2D eigenvalue weighted by Gasteiger charge is -2.01. The Labute approximate surface area is 65.6 Å². The first-order valence-electron chi connectivity index (χ1n) is 3.26. The lowest BCUT2D eigenvalue weighted by Crippen LogP contribution is -2.28. The number of thioether (sulfide) groups is 1. The topological polar surface area (TPSA) is 38.0 Å². The largest absolute Gasteiger partial charge is 0.361 e. The molecular weight excluding hydrogens is 144 g/mol. The van der Waals surface area contributed by atoms with Crippen molar-refractivity contribution in [1.82, 2.24) is 5.32 Å². The van der Waals surface area contributed by atoms with Gasteiger partial charge in [0.1, 0.15) is 5.50 Å². The zero-order chi connectivity index (χ0) is 7.56. The van der Waals surface area contributed by atoms with Crippen molar-refractivity contribution in [1.29, 1.82) is 0 Å². The maximum atomic E-state index is 5.62. The highest BCUT2D eigenvalue weighted by Gasteiger charge is 2.14. The average Bonchev–Trinajstić information content (AvgIpc) is 2.13. The van der Waals surface area contributed by atoms with Crippen LogP contribution in [0.1, 0.15) is 13.8 Å². The van der Waals surface area contributed by atoms with Crippen molar-refractivity contribution in [2.75, 3.05) is 0 Å². The van der Waals surface area contributed by atoms with Crippen molar-refractivity contribution in [2.24, 2.45) is 5.73 Å². The van der Waals surface area contributed by atoms with E-state index in [9.17, 15) is 0 Å². The van der Waals surface area contributed by atoms with Gasteiger partial charge in [0.15, 0.2) is 0 Å². The van der Waals surface area contributed by atoms with Crippen molar-refractivity contribution in [2.45, 2.75) is 19.3 Å². The van der Waals surface area contributed by atoms with E-state index in [0.717, 1.165) is 5.70 Å². The molecule has 0 saturated carbocycles. The predicted octanol–water partition coefficient (Wildman–Crippen LogP) is 1.37. The van der Waals surface area contributed by atoms with Crippen molar-refractivity contribution in [3.63, 3.8) is 0 Å². The minimum atomic E-state index is 0.0474. The van der Waals surface area contributed by atoms with Crippen molar-refractivity contribution in [3.8, 4) is 0 Å². The highest BCUT2D eigenvalue weighted by molar-refractivity contribution is 8.03. The molecule has 0 fully saturated rings. The highest BCUT2D eigenvalue weighted by Crippen LogP contribution is 2.26. The van der Waals surface area contributed by atoms with Crippen LogP contribution in [0.15, 0.2) is 22.8 Å². The third-order valence-corrected chi connectivity index (χ3v) is 2.26. The lowest BCUT2D eigenvalue weighted by atomic mass is 10.4. The molecule has 0 aromatic carbocycles. The summed E-state index contributed by atoms with van der Waals surface area (Å²) in [6, 6.07) is 0. The molecule has 0 saturated heterocycles. The van der Waals surface area contributed by atoms with Crippen molar-refractivity contribution in [3.05, 3.63) is 22.8 Å². The molecule has 0 spiro atoms. The third kappa shape index (κ3) is 1.55.